The topological polar surface area (TPSA) is 91.6 Å². The van der Waals surface area contributed by atoms with Gasteiger partial charge in [0.25, 0.3) is 11.8 Å². The number of nitrogens with one attached hydrogen (secondary N) is 1. The van der Waals surface area contributed by atoms with Crippen molar-refractivity contribution in [2.24, 2.45) is 0 Å². The molecule has 142 valence electrons. The van der Waals surface area contributed by atoms with Gasteiger partial charge in [0.1, 0.15) is 11.4 Å². The maximum atomic E-state index is 12.9. The Morgan fingerprint density at radius 1 is 1.22 bits per heavy atom. The molecule has 8 heteroatoms. The van der Waals surface area contributed by atoms with Crippen LogP contribution in [0.25, 0.3) is 0 Å². The number of hydrogen-bond acceptors (Lipinski definition) is 4. The Kier molecular flexibility index (Phi) is 4.98. The van der Waals surface area contributed by atoms with E-state index in [0.717, 1.165) is 0 Å². The Bertz CT molecular complexity index is 951. The number of carbonyl (C=O) groups is 2. The summed E-state index contributed by atoms with van der Waals surface area (Å²) < 4.78 is 14.4. The number of pyridine rings is 1. The lowest BCUT2D eigenvalue weighted by Gasteiger charge is -2.33. The van der Waals surface area contributed by atoms with E-state index in [9.17, 15) is 23.9 Å². The fraction of sp³-hybridized carbons (Fsp3) is 0.316. The van der Waals surface area contributed by atoms with Crippen LogP contribution in [0.3, 0.4) is 0 Å². The Labute approximate surface area is 155 Å². The quantitative estimate of drug-likeness (QED) is 0.849. The molecule has 27 heavy (non-hydrogen) atoms. The van der Waals surface area contributed by atoms with Crippen molar-refractivity contribution in [1.29, 1.82) is 0 Å². The van der Waals surface area contributed by atoms with E-state index in [2.05, 4.69) is 5.32 Å². The van der Waals surface area contributed by atoms with Gasteiger partial charge in [0, 0.05) is 31.9 Å². The maximum Gasteiger partial charge on any atom is 0.274 e. The van der Waals surface area contributed by atoms with Gasteiger partial charge in [-0.2, -0.15) is 0 Å². The third kappa shape index (κ3) is 3.55. The van der Waals surface area contributed by atoms with Crippen LogP contribution in [0.1, 0.15) is 40.3 Å². The monoisotopic (exact) mass is 373 g/mol. The molecule has 7 nitrogen and oxygen atoms in total. The number of fused-ring (bicyclic) bond motifs is 1. The van der Waals surface area contributed by atoms with E-state index in [0.29, 0.717) is 18.7 Å². The van der Waals surface area contributed by atoms with Crippen LogP contribution in [0.5, 0.6) is 5.75 Å². The summed E-state index contributed by atoms with van der Waals surface area (Å²) in [6.45, 7) is 4.58. The van der Waals surface area contributed by atoms with Crippen LogP contribution in [0.2, 0.25) is 0 Å². The number of rotatable bonds is 4. The van der Waals surface area contributed by atoms with Gasteiger partial charge in [0.15, 0.2) is 11.4 Å². The second-order valence-electron chi connectivity index (χ2n) is 6.66. The van der Waals surface area contributed by atoms with Gasteiger partial charge in [-0.25, -0.2) is 4.39 Å². The average molecular weight is 373 g/mol. The molecule has 0 fully saturated rings. The molecule has 0 unspecified atom stereocenters. The van der Waals surface area contributed by atoms with Gasteiger partial charge in [-0.3, -0.25) is 14.4 Å². The lowest BCUT2D eigenvalue weighted by molar-refractivity contribution is 0.0640. The lowest BCUT2D eigenvalue weighted by atomic mass is 10.1. The molecule has 1 aromatic heterocycles. The number of benzene rings is 1. The second-order valence-corrected chi connectivity index (χ2v) is 6.66. The Morgan fingerprint density at radius 3 is 2.52 bits per heavy atom. The van der Waals surface area contributed by atoms with E-state index in [4.69, 9.17) is 0 Å². The first-order valence-electron chi connectivity index (χ1n) is 8.59. The highest BCUT2D eigenvalue weighted by Gasteiger charge is 2.31. The number of aromatic hydroxyl groups is 1. The highest BCUT2D eigenvalue weighted by molar-refractivity contribution is 5.99. The molecule has 1 aliphatic rings. The molecule has 0 bridgehead atoms. The summed E-state index contributed by atoms with van der Waals surface area (Å²) in [5.74, 6) is -2.22. The molecule has 2 amide bonds. The van der Waals surface area contributed by atoms with Gasteiger partial charge >= 0.3 is 0 Å². The summed E-state index contributed by atoms with van der Waals surface area (Å²) in [7, 11) is 0. The third-order valence-corrected chi connectivity index (χ3v) is 4.54. The predicted molar refractivity (Wildman–Crippen MR) is 96.1 cm³/mol. The first-order valence-corrected chi connectivity index (χ1v) is 8.59. The van der Waals surface area contributed by atoms with Crippen molar-refractivity contribution in [1.82, 2.24) is 14.8 Å². The normalized spacial score (nSPS) is 13.6. The Balaban J connectivity index is 1.86. The van der Waals surface area contributed by atoms with Gasteiger partial charge in [-0.15, -0.1) is 0 Å². The van der Waals surface area contributed by atoms with Crippen LogP contribution >= 0.6 is 0 Å². The largest absolute Gasteiger partial charge is 0.503 e. The average Bonchev–Trinajstić information content (AvgIpc) is 2.63. The van der Waals surface area contributed by atoms with Gasteiger partial charge in [-0.05, 0) is 31.5 Å². The van der Waals surface area contributed by atoms with Crippen LogP contribution in [-0.2, 0) is 13.1 Å². The molecule has 1 aromatic carbocycles. The van der Waals surface area contributed by atoms with Gasteiger partial charge in [0.2, 0.25) is 5.43 Å². The van der Waals surface area contributed by atoms with E-state index in [1.54, 1.807) is 4.90 Å². The number of halogens is 1. The maximum absolute atomic E-state index is 12.9. The summed E-state index contributed by atoms with van der Waals surface area (Å²) in [5.41, 5.74) is -0.578. The number of nitrogens with zero attached hydrogens (tertiary/aromatic N) is 2. The van der Waals surface area contributed by atoms with Crippen molar-refractivity contribution in [2.45, 2.75) is 33.0 Å². The summed E-state index contributed by atoms with van der Waals surface area (Å²) in [6, 6.07) is 5.51. The molecule has 0 atom stereocenters. The van der Waals surface area contributed by atoms with Crippen LogP contribution in [0.4, 0.5) is 4.39 Å². The lowest BCUT2D eigenvalue weighted by Crippen LogP contribution is -2.45. The smallest absolute Gasteiger partial charge is 0.274 e. The molecule has 3 rings (SSSR count). The zero-order valence-electron chi connectivity index (χ0n) is 15.0. The van der Waals surface area contributed by atoms with Crippen molar-refractivity contribution in [3.8, 4) is 5.75 Å². The summed E-state index contributed by atoms with van der Waals surface area (Å²) in [6.07, 6.45) is 1.30. The molecular formula is C19H20FN3O4. The van der Waals surface area contributed by atoms with Crippen LogP contribution < -0.4 is 10.7 Å². The fourth-order valence-corrected chi connectivity index (χ4v) is 3.04. The molecule has 2 aromatic rings. The minimum atomic E-state index is -0.892. The van der Waals surface area contributed by atoms with Gasteiger partial charge < -0.3 is 19.9 Å². The molecule has 1 aliphatic heterocycles. The molecular weight excluding hydrogens is 353 g/mol. The SMILES string of the molecule is CC(C)N1CCn2cc(C(=O)NCc3ccc(F)cc3)c(=O)c(O)c2C1=O. The molecule has 0 saturated carbocycles. The van der Waals surface area contributed by atoms with Crippen LogP contribution in [0.15, 0.2) is 35.3 Å². The van der Waals surface area contributed by atoms with Crippen molar-refractivity contribution in [2.75, 3.05) is 6.54 Å². The van der Waals surface area contributed by atoms with Gasteiger partial charge in [0.05, 0.1) is 0 Å². The van der Waals surface area contributed by atoms with E-state index >= 15 is 0 Å². The molecule has 0 spiro atoms. The first-order chi connectivity index (χ1) is 12.8. The second kappa shape index (κ2) is 7.22. The van der Waals surface area contributed by atoms with E-state index in [1.165, 1.54) is 35.0 Å². The van der Waals surface area contributed by atoms with Crippen molar-refractivity contribution in [3.63, 3.8) is 0 Å². The van der Waals surface area contributed by atoms with E-state index in [-0.39, 0.29) is 29.7 Å². The molecule has 0 aliphatic carbocycles. The zero-order valence-corrected chi connectivity index (χ0v) is 15.0. The highest BCUT2D eigenvalue weighted by atomic mass is 19.1. The predicted octanol–water partition coefficient (Wildman–Crippen LogP) is 1.49. The number of aromatic nitrogens is 1. The minimum absolute atomic E-state index is 0.0700. The van der Waals surface area contributed by atoms with Crippen molar-refractivity contribution >= 4 is 11.8 Å². The van der Waals surface area contributed by atoms with Crippen molar-refractivity contribution < 1.29 is 19.1 Å². The van der Waals surface area contributed by atoms with Crippen LogP contribution in [0, 0.1) is 5.82 Å². The molecule has 0 radical (unpaired) electrons. The zero-order chi connectivity index (χ0) is 19.7. The standard InChI is InChI=1S/C19H20FN3O4/c1-11(2)23-8-7-22-10-14(16(24)17(25)15(22)19(23)27)18(26)21-9-12-3-5-13(20)6-4-12/h3-6,10-11,25H,7-9H2,1-2H3,(H,21,26). The number of amides is 2. The minimum Gasteiger partial charge on any atom is -0.503 e. The van der Waals surface area contributed by atoms with Crippen molar-refractivity contribution in [3.05, 3.63) is 63.3 Å². The molecule has 2 N–H and O–H groups in total. The molecule has 0 saturated heterocycles. The molecule has 2 heterocycles. The summed E-state index contributed by atoms with van der Waals surface area (Å²) >= 11 is 0. The number of carbonyl (C=O) groups excluding carboxylic acids is 2. The Hall–Kier alpha value is -3.16. The fourth-order valence-electron chi connectivity index (χ4n) is 3.04. The summed E-state index contributed by atoms with van der Waals surface area (Å²) in [5, 5.41) is 12.8. The van der Waals surface area contributed by atoms with Gasteiger partial charge in [-0.1, -0.05) is 12.1 Å². The van der Waals surface area contributed by atoms with E-state index in [1.807, 2.05) is 13.8 Å². The van der Waals surface area contributed by atoms with Crippen LogP contribution in [-0.4, -0.2) is 39.0 Å². The first kappa shape index (κ1) is 18.6. The van der Waals surface area contributed by atoms with E-state index < -0.39 is 23.0 Å². The highest BCUT2D eigenvalue weighted by Crippen LogP contribution is 2.21. The third-order valence-electron chi connectivity index (χ3n) is 4.54. The summed E-state index contributed by atoms with van der Waals surface area (Å²) in [4.78, 5) is 38.9. The number of hydrogen-bond donors (Lipinski definition) is 2. The Morgan fingerprint density at radius 2 is 1.89 bits per heavy atom.